The van der Waals surface area contributed by atoms with Crippen molar-refractivity contribution in [3.05, 3.63) is 66.1 Å². The summed E-state index contributed by atoms with van der Waals surface area (Å²) in [4.78, 5) is 29.6. The molecule has 2 atom stereocenters. The van der Waals surface area contributed by atoms with Crippen molar-refractivity contribution >= 4 is 22.8 Å². The van der Waals surface area contributed by atoms with Gasteiger partial charge in [-0.3, -0.25) is 9.59 Å². The van der Waals surface area contributed by atoms with E-state index in [1.807, 2.05) is 24.3 Å². The van der Waals surface area contributed by atoms with Crippen LogP contribution in [0, 0.1) is 0 Å². The van der Waals surface area contributed by atoms with E-state index in [1.54, 1.807) is 24.3 Å². The third-order valence-corrected chi connectivity index (χ3v) is 7.02. The molecule has 1 fully saturated rings. The first-order valence-electron chi connectivity index (χ1n) is 13.3. The van der Waals surface area contributed by atoms with Crippen LogP contribution in [0.3, 0.4) is 0 Å². The van der Waals surface area contributed by atoms with E-state index in [1.165, 1.54) is 37.2 Å². The second-order valence-corrected chi connectivity index (χ2v) is 9.58. The summed E-state index contributed by atoms with van der Waals surface area (Å²) in [6.45, 7) is 0.844. The molecule has 1 aliphatic rings. The van der Waals surface area contributed by atoms with Crippen LogP contribution in [0.25, 0.3) is 11.0 Å². The number of fused-ring (bicyclic) bond motifs is 1. The molecule has 5 rings (SSSR count). The van der Waals surface area contributed by atoms with Crippen LogP contribution < -0.4 is 19.5 Å². The summed E-state index contributed by atoms with van der Waals surface area (Å²) in [6.07, 6.45) is 3.22. The zero-order chi connectivity index (χ0) is 28.8. The predicted molar refractivity (Wildman–Crippen MR) is 148 cm³/mol. The number of furan rings is 1. The molecule has 1 aliphatic heterocycles. The van der Waals surface area contributed by atoms with Gasteiger partial charge < -0.3 is 33.6 Å². The van der Waals surface area contributed by atoms with Gasteiger partial charge in [0.05, 0.1) is 45.8 Å². The van der Waals surface area contributed by atoms with Gasteiger partial charge in [-0.25, -0.2) is 4.68 Å². The van der Waals surface area contributed by atoms with Crippen LogP contribution in [0.5, 0.6) is 17.2 Å². The number of carbonyl (C=O) groups is 2. The fourth-order valence-electron chi connectivity index (χ4n) is 5.00. The van der Waals surface area contributed by atoms with Crippen LogP contribution in [0.4, 0.5) is 0 Å². The van der Waals surface area contributed by atoms with E-state index in [4.69, 9.17) is 23.4 Å². The van der Waals surface area contributed by atoms with E-state index in [0.717, 1.165) is 12.8 Å². The minimum Gasteiger partial charge on any atom is -0.493 e. The molecule has 2 aromatic carbocycles. The highest BCUT2D eigenvalue weighted by molar-refractivity contribution is 5.89. The summed E-state index contributed by atoms with van der Waals surface area (Å²) in [7, 11) is 4.49. The van der Waals surface area contributed by atoms with Crippen molar-refractivity contribution in [3.8, 4) is 17.2 Å². The molecule has 2 aromatic heterocycles. The van der Waals surface area contributed by atoms with Crippen LogP contribution in [-0.4, -0.2) is 72.3 Å². The number of nitrogens with zero attached hydrogens (tertiary/aromatic N) is 4. The van der Waals surface area contributed by atoms with Crippen molar-refractivity contribution in [1.82, 2.24) is 25.2 Å². The summed E-state index contributed by atoms with van der Waals surface area (Å²) < 4.78 is 29.5. The molecular formula is C29H33N5O7. The maximum absolute atomic E-state index is 14.1. The maximum atomic E-state index is 14.1. The molecule has 12 nitrogen and oxygen atoms in total. The largest absolute Gasteiger partial charge is 0.493 e. The lowest BCUT2D eigenvalue weighted by Gasteiger charge is -2.31. The van der Waals surface area contributed by atoms with Crippen LogP contribution in [0.2, 0.25) is 0 Å². The van der Waals surface area contributed by atoms with E-state index in [9.17, 15) is 9.59 Å². The Balaban J connectivity index is 1.56. The average Bonchev–Trinajstić information content (AvgIpc) is 3.78. The summed E-state index contributed by atoms with van der Waals surface area (Å²) in [5, 5.41) is 11.3. The van der Waals surface area contributed by atoms with Gasteiger partial charge in [-0.1, -0.05) is 17.3 Å². The summed E-state index contributed by atoms with van der Waals surface area (Å²) in [6, 6.07) is 13.1. The molecule has 0 saturated carbocycles. The number of hydrogen-bond donors (Lipinski definition) is 1. The minimum atomic E-state index is -1.09. The first kappa shape index (κ1) is 28.0. The van der Waals surface area contributed by atoms with Gasteiger partial charge >= 0.3 is 0 Å². The molecule has 4 aromatic rings. The predicted octanol–water partition coefficient (Wildman–Crippen LogP) is 3.12. The molecule has 41 heavy (non-hydrogen) atoms. The number of para-hydroxylation sites is 1. The van der Waals surface area contributed by atoms with Crippen molar-refractivity contribution in [2.45, 2.75) is 38.1 Å². The van der Waals surface area contributed by atoms with Gasteiger partial charge in [0, 0.05) is 13.2 Å². The molecule has 12 heteroatoms. The zero-order valence-corrected chi connectivity index (χ0v) is 23.2. The molecule has 0 aliphatic carbocycles. The summed E-state index contributed by atoms with van der Waals surface area (Å²) in [5.41, 5.74) is 1.83. The Kier molecular flexibility index (Phi) is 8.68. The Bertz CT molecular complexity index is 1450. The second-order valence-electron chi connectivity index (χ2n) is 9.58. The monoisotopic (exact) mass is 563 g/mol. The molecule has 0 bridgehead atoms. The van der Waals surface area contributed by atoms with Crippen molar-refractivity contribution in [1.29, 1.82) is 0 Å². The molecule has 1 saturated heterocycles. The molecule has 0 unspecified atom stereocenters. The standard InChI is InChI=1S/C29H33N5O7/c1-37-24-14-19(15-25(38-2)28(24)39-3)27(29(36)30-16-20-8-6-12-40-20)33(17-21-9-7-13-41-21)26(35)18-34-23-11-5-4-10-22(23)31-32-34/h4-5,7,9-11,13-15,20,27H,6,8,12,16-18H2,1-3H3,(H,30,36)/t20-,27-/m1/s1. The lowest BCUT2D eigenvalue weighted by molar-refractivity contribution is -0.142. The van der Waals surface area contributed by atoms with Crippen molar-refractivity contribution in [2.24, 2.45) is 0 Å². The van der Waals surface area contributed by atoms with E-state index in [-0.39, 0.29) is 25.1 Å². The minimum absolute atomic E-state index is 0.0210. The Hall–Kier alpha value is -4.58. The van der Waals surface area contributed by atoms with Crippen LogP contribution >= 0.6 is 0 Å². The number of benzene rings is 2. The van der Waals surface area contributed by atoms with Crippen LogP contribution in [0.1, 0.15) is 30.2 Å². The molecule has 0 spiro atoms. The fourth-order valence-corrected chi connectivity index (χ4v) is 5.00. The average molecular weight is 564 g/mol. The quantitative estimate of drug-likeness (QED) is 0.276. The van der Waals surface area contributed by atoms with E-state index < -0.39 is 11.9 Å². The number of carbonyl (C=O) groups excluding carboxylic acids is 2. The molecule has 2 amide bonds. The van der Waals surface area contributed by atoms with E-state index >= 15 is 0 Å². The number of rotatable bonds is 12. The third-order valence-electron chi connectivity index (χ3n) is 7.02. The Labute approximate surface area is 237 Å². The number of methoxy groups -OCH3 is 3. The van der Waals surface area contributed by atoms with E-state index in [0.29, 0.717) is 52.8 Å². The Morgan fingerprint density at radius 1 is 1.10 bits per heavy atom. The fraction of sp³-hybridized carbons (Fsp3) is 0.379. The SMILES string of the molecule is COc1cc([C@H](C(=O)NC[C@H]2CCCO2)N(Cc2ccco2)C(=O)Cn2nnc3ccccc32)cc(OC)c1OC. The van der Waals surface area contributed by atoms with Crippen molar-refractivity contribution < 1.29 is 33.0 Å². The van der Waals surface area contributed by atoms with Gasteiger partial charge in [-0.2, -0.15) is 0 Å². The molecule has 0 radical (unpaired) electrons. The number of ether oxygens (including phenoxy) is 4. The highest BCUT2D eigenvalue weighted by atomic mass is 16.5. The smallest absolute Gasteiger partial charge is 0.247 e. The topological polar surface area (TPSA) is 130 Å². The lowest BCUT2D eigenvalue weighted by atomic mass is 10.0. The van der Waals surface area contributed by atoms with Crippen molar-refractivity contribution in [2.75, 3.05) is 34.5 Å². The highest BCUT2D eigenvalue weighted by Gasteiger charge is 2.35. The van der Waals surface area contributed by atoms with Gasteiger partial charge in [0.25, 0.3) is 0 Å². The molecule has 216 valence electrons. The van der Waals surface area contributed by atoms with E-state index in [2.05, 4.69) is 15.6 Å². The number of aromatic nitrogens is 3. The molecule has 3 heterocycles. The first-order valence-corrected chi connectivity index (χ1v) is 13.3. The van der Waals surface area contributed by atoms with Gasteiger partial charge in [0.1, 0.15) is 23.9 Å². The summed E-state index contributed by atoms with van der Waals surface area (Å²) >= 11 is 0. The second kappa shape index (κ2) is 12.7. The van der Waals surface area contributed by atoms with Gasteiger partial charge in [-0.05, 0) is 54.8 Å². The van der Waals surface area contributed by atoms with Crippen LogP contribution in [-0.2, 0) is 27.4 Å². The lowest BCUT2D eigenvalue weighted by Crippen LogP contribution is -2.46. The van der Waals surface area contributed by atoms with Crippen molar-refractivity contribution in [3.63, 3.8) is 0 Å². The van der Waals surface area contributed by atoms with Gasteiger partial charge in [0.15, 0.2) is 11.5 Å². The maximum Gasteiger partial charge on any atom is 0.247 e. The molecule has 1 N–H and O–H groups in total. The normalized spacial score (nSPS) is 15.4. The Morgan fingerprint density at radius 3 is 2.54 bits per heavy atom. The highest BCUT2D eigenvalue weighted by Crippen LogP contribution is 2.41. The first-order chi connectivity index (χ1) is 20.0. The van der Waals surface area contributed by atoms with Gasteiger partial charge in [0.2, 0.25) is 17.6 Å². The Morgan fingerprint density at radius 2 is 1.88 bits per heavy atom. The summed E-state index contributed by atoms with van der Waals surface area (Å²) in [5.74, 6) is 0.820. The van der Waals surface area contributed by atoms with Gasteiger partial charge in [-0.15, -0.1) is 5.10 Å². The zero-order valence-electron chi connectivity index (χ0n) is 23.2. The third kappa shape index (κ3) is 6.12. The van der Waals surface area contributed by atoms with Crippen LogP contribution in [0.15, 0.2) is 59.2 Å². The molecular weight excluding hydrogens is 530 g/mol. The number of nitrogens with one attached hydrogen (secondary N) is 1. The number of hydrogen-bond acceptors (Lipinski definition) is 9. The number of amides is 2.